The first-order chi connectivity index (χ1) is 15.7. The summed E-state index contributed by atoms with van der Waals surface area (Å²) >= 11 is 0. The normalized spacial score (nSPS) is 25.5. The molecule has 0 unspecified atom stereocenters. The van der Waals surface area contributed by atoms with Crippen molar-refractivity contribution in [3.05, 3.63) is 59.2 Å². The summed E-state index contributed by atoms with van der Waals surface area (Å²) < 4.78 is 7.43. The third kappa shape index (κ3) is 4.30. The molecular weight excluding hydrogens is 396 g/mol. The summed E-state index contributed by atoms with van der Waals surface area (Å²) in [5, 5.41) is 3.44. The van der Waals surface area contributed by atoms with Crippen molar-refractivity contribution >= 4 is 5.91 Å². The zero-order chi connectivity index (χ0) is 22.0. The SMILES string of the molecule is CCCCCCC[N+]12CCC(CC1)[C@H](NC(=O)c1cccc3c1Oc1ccccc1C3)C2. The van der Waals surface area contributed by atoms with Gasteiger partial charge < -0.3 is 14.5 Å². The van der Waals surface area contributed by atoms with Crippen molar-refractivity contribution in [3.8, 4) is 11.5 Å². The number of piperidine rings is 3. The van der Waals surface area contributed by atoms with Crippen LogP contribution in [0.4, 0.5) is 0 Å². The lowest BCUT2D eigenvalue weighted by atomic mass is 9.81. The lowest BCUT2D eigenvalue weighted by Crippen LogP contribution is -2.67. The number of nitrogens with one attached hydrogen (secondary N) is 1. The monoisotopic (exact) mass is 433 g/mol. The number of ether oxygens (including phenoxy) is 1. The topological polar surface area (TPSA) is 38.3 Å². The third-order valence-electron chi connectivity index (χ3n) is 8.06. The lowest BCUT2D eigenvalue weighted by Gasteiger charge is -2.53. The smallest absolute Gasteiger partial charge is 0.255 e. The van der Waals surface area contributed by atoms with Gasteiger partial charge in [-0.2, -0.15) is 0 Å². The molecule has 3 saturated heterocycles. The second-order valence-corrected chi connectivity index (χ2v) is 10.2. The number of hydrogen-bond acceptors (Lipinski definition) is 2. The van der Waals surface area contributed by atoms with E-state index in [0.29, 0.717) is 11.5 Å². The number of hydrogen-bond donors (Lipinski definition) is 1. The van der Waals surface area contributed by atoms with E-state index < -0.39 is 0 Å². The van der Waals surface area contributed by atoms with Gasteiger partial charge in [-0.3, -0.25) is 4.79 Å². The number of para-hydroxylation sites is 2. The van der Waals surface area contributed by atoms with E-state index in [4.69, 9.17) is 4.74 Å². The van der Waals surface area contributed by atoms with Crippen molar-refractivity contribution in [2.75, 3.05) is 26.2 Å². The molecule has 4 heterocycles. The van der Waals surface area contributed by atoms with Crippen LogP contribution in [0.3, 0.4) is 0 Å². The Kier molecular flexibility index (Phi) is 6.23. The molecule has 6 rings (SSSR count). The predicted molar refractivity (Wildman–Crippen MR) is 128 cm³/mol. The first-order valence-corrected chi connectivity index (χ1v) is 12.7. The van der Waals surface area contributed by atoms with Gasteiger partial charge in [0.2, 0.25) is 0 Å². The molecular formula is C28H37N2O2+. The highest BCUT2D eigenvalue weighted by molar-refractivity contribution is 5.98. The van der Waals surface area contributed by atoms with Crippen LogP contribution < -0.4 is 10.1 Å². The largest absolute Gasteiger partial charge is 0.456 e. The van der Waals surface area contributed by atoms with E-state index in [0.717, 1.165) is 30.0 Å². The van der Waals surface area contributed by atoms with Gasteiger partial charge in [0.05, 0.1) is 37.8 Å². The molecule has 1 N–H and O–H groups in total. The summed E-state index contributed by atoms with van der Waals surface area (Å²) in [5.74, 6) is 2.27. The Morgan fingerprint density at radius 1 is 1.00 bits per heavy atom. The first-order valence-electron chi connectivity index (χ1n) is 12.7. The fourth-order valence-corrected chi connectivity index (χ4v) is 6.15. The molecule has 0 aliphatic carbocycles. The van der Waals surface area contributed by atoms with Crippen LogP contribution in [0.2, 0.25) is 0 Å². The fraction of sp³-hybridized carbons (Fsp3) is 0.536. The molecule has 0 aromatic heterocycles. The van der Waals surface area contributed by atoms with Crippen LogP contribution in [-0.4, -0.2) is 42.6 Å². The molecule has 4 heteroatoms. The number of unbranched alkanes of at least 4 members (excludes halogenated alkanes) is 4. The molecule has 32 heavy (non-hydrogen) atoms. The Morgan fingerprint density at radius 2 is 1.78 bits per heavy atom. The van der Waals surface area contributed by atoms with Crippen molar-refractivity contribution in [2.24, 2.45) is 5.92 Å². The maximum Gasteiger partial charge on any atom is 0.255 e. The van der Waals surface area contributed by atoms with Gasteiger partial charge in [0, 0.05) is 24.8 Å². The van der Waals surface area contributed by atoms with Crippen LogP contribution in [0.5, 0.6) is 11.5 Å². The summed E-state index contributed by atoms with van der Waals surface area (Å²) in [7, 11) is 0. The van der Waals surface area contributed by atoms with E-state index in [9.17, 15) is 4.79 Å². The van der Waals surface area contributed by atoms with Crippen LogP contribution in [-0.2, 0) is 6.42 Å². The highest BCUT2D eigenvalue weighted by Gasteiger charge is 2.46. The summed E-state index contributed by atoms with van der Waals surface area (Å²) in [5.41, 5.74) is 2.96. The van der Waals surface area contributed by atoms with Gasteiger partial charge in [0.25, 0.3) is 5.91 Å². The van der Waals surface area contributed by atoms with E-state index in [-0.39, 0.29) is 11.9 Å². The van der Waals surface area contributed by atoms with Crippen LogP contribution in [0.1, 0.15) is 73.4 Å². The van der Waals surface area contributed by atoms with E-state index in [1.807, 2.05) is 30.3 Å². The van der Waals surface area contributed by atoms with Gasteiger partial charge in [-0.1, -0.05) is 56.5 Å². The minimum Gasteiger partial charge on any atom is -0.456 e. The molecule has 170 valence electrons. The van der Waals surface area contributed by atoms with Crippen molar-refractivity contribution in [3.63, 3.8) is 0 Å². The highest BCUT2D eigenvalue weighted by Crippen LogP contribution is 2.39. The number of fused-ring (bicyclic) bond motifs is 5. The van der Waals surface area contributed by atoms with Crippen LogP contribution in [0, 0.1) is 5.92 Å². The number of amides is 1. The second-order valence-electron chi connectivity index (χ2n) is 10.2. The van der Waals surface area contributed by atoms with Gasteiger partial charge in [0.15, 0.2) is 0 Å². The van der Waals surface area contributed by atoms with Crippen molar-refractivity contribution in [2.45, 2.75) is 64.3 Å². The fourth-order valence-electron chi connectivity index (χ4n) is 6.15. The number of carbonyl (C=O) groups excluding carboxylic acids is 1. The van der Waals surface area contributed by atoms with Crippen molar-refractivity contribution in [1.29, 1.82) is 0 Å². The molecule has 4 nitrogen and oxygen atoms in total. The molecule has 3 fully saturated rings. The van der Waals surface area contributed by atoms with E-state index in [2.05, 4.69) is 24.4 Å². The van der Waals surface area contributed by atoms with Crippen LogP contribution >= 0.6 is 0 Å². The Morgan fingerprint density at radius 3 is 2.62 bits per heavy atom. The van der Waals surface area contributed by atoms with E-state index >= 15 is 0 Å². The maximum atomic E-state index is 13.4. The number of rotatable bonds is 8. The van der Waals surface area contributed by atoms with E-state index in [1.54, 1.807) is 0 Å². The average molecular weight is 434 g/mol. The molecule has 1 atom stereocenters. The van der Waals surface area contributed by atoms with E-state index in [1.165, 1.54) is 74.6 Å². The number of benzene rings is 2. The summed E-state index contributed by atoms with van der Waals surface area (Å²) in [4.78, 5) is 13.4. The molecule has 2 aromatic rings. The van der Waals surface area contributed by atoms with Gasteiger partial charge in [-0.05, 0) is 36.5 Å². The Labute approximate surface area is 192 Å². The minimum atomic E-state index is 0.0288. The zero-order valence-corrected chi connectivity index (χ0v) is 19.4. The Balaban J connectivity index is 1.26. The van der Waals surface area contributed by atoms with Crippen LogP contribution in [0.25, 0.3) is 0 Å². The van der Waals surface area contributed by atoms with Gasteiger partial charge in [-0.15, -0.1) is 0 Å². The third-order valence-corrected chi connectivity index (χ3v) is 8.06. The molecule has 0 saturated carbocycles. The number of carbonyl (C=O) groups is 1. The van der Waals surface area contributed by atoms with Gasteiger partial charge in [-0.25, -0.2) is 0 Å². The summed E-state index contributed by atoms with van der Waals surface area (Å²) in [6.45, 7) is 7.25. The van der Waals surface area contributed by atoms with Gasteiger partial charge >= 0.3 is 0 Å². The Hall–Kier alpha value is -2.33. The number of quaternary nitrogens is 1. The van der Waals surface area contributed by atoms with Gasteiger partial charge in [0.1, 0.15) is 11.5 Å². The average Bonchev–Trinajstić information content (AvgIpc) is 2.83. The summed E-state index contributed by atoms with van der Waals surface area (Å²) in [6, 6.07) is 14.4. The molecule has 0 radical (unpaired) electrons. The standard InChI is InChI=1S/C28H36N2O2/c1-2-3-4-5-8-16-30-17-14-21(15-18-30)25(20-30)29-28(31)24-12-9-11-23-19-22-10-6-7-13-26(22)32-27(23)24/h6-7,9-13,21,25H,2-5,8,14-20H2,1H3/p+1/t21?,25-,30?/m1/s1. The lowest BCUT2D eigenvalue weighted by molar-refractivity contribution is -0.944. The molecule has 0 spiro atoms. The molecule has 4 aliphatic heterocycles. The second kappa shape index (κ2) is 9.27. The predicted octanol–water partition coefficient (Wildman–Crippen LogP) is 5.69. The maximum absolute atomic E-state index is 13.4. The molecule has 2 aromatic carbocycles. The van der Waals surface area contributed by atoms with Crippen molar-refractivity contribution in [1.82, 2.24) is 5.32 Å². The van der Waals surface area contributed by atoms with Crippen molar-refractivity contribution < 1.29 is 14.0 Å². The zero-order valence-electron chi connectivity index (χ0n) is 19.4. The quantitative estimate of drug-likeness (QED) is 0.366. The van der Waals surface area contributed by atoms with Crippen LogP contribution in [0.15, 0.2) is 42.5 Å². The molecule has 2 bridgehead atoms. The Bertz CT molecular complexity index is 962. The summed E-state index contributed by atoms with van der Waals surface area (Å²) in [6.07, 6.45) is 10.0. The first kappa shape index (κ1) is 21.5. The minimum absolute atomic E-state index is 0.0288. The highest BCUT2D eigenvalue weighted by atomic mass is 16.5. The molecule has 1 amide bonds. The number of nitrogens with zero attached hydrogens (tertiary/aromatic N) is 1. The molecule has 4 aliphatic rings.